The smallest absolute Gasteiger partial charge is 0.261 e. The standard InChI is InChI=1S/C19H19N5O2/c1-12-5-6-16-14(8-12)4-3-7-23(16)19(26)15-10-22-24(13(15)2)17-9-18(25)21-11-20-17/h5-6,8-11H,3-4,7H2,1-2H3,(H,20,21,25). The molecule has 0 unspecified atom stereocenters. The highest BCUT2D eigenvalue weighted by atomic mass is 16.2. The van der Waals surface area contributed by atoms with Crippen molar-refractivity contribution in [2.45, 2.75) is 26.7 Å². The molecule has 1 aromatic carbocycles. The fourth-order valence-electron chi connectivity index (χ4n) is 3.41. The highest BCUT2D eigenvalue weighted by Gasteiger charge is 2.26. The predicted molar refractivity (Wildman–Crippen MR) is 97.9 cm³/mol. The lowest BCUT2D eigenvalue weighted by molar-refractivity contribution is 0.0984. The number of H-pyrrole nitrogens is 1. The Kier molecular flexibility index (Phi) is 3.91. The fraction of sp³-hybridized carbons (Fsp3) is 0.263. The van der Waals surface area contributed by atoms with Gasteiger partial charge in [0, 0.05) is 18.3 Å². The number of fused-ring (bicyclic) bond motifs is 1. The second-order valence-corrected chi connectivity index (χ2v) is 6.52. The number of carbonyl (C=O) groups is 1. The van der Waals surface area contributed by atoms with Crippen LogP contribution in [0.2, 0.25) is 0 Å². The largest absolute Gasteiger partial charge is 0.313 e. The predicted octanol–water partition coefficient (Wildman–Crippen LogP) is 2.17. The van der Waals surface area contributed by atoms with Crippen molar-refractivity contribution in [3.05, 3.63) is 69.5 Å². The van der Waals surface area contributed by atoms with Gasteiger partial charge >= 0.3 is 0 Å². The molecule has 3 aromatic rings. The van der Waals surface area contributed by atoms with E-state index in [0.717, 1.165) is 18.5 Å². The van der Waals surface area contributed by atoms with E-state index < -0.39 is 0 Å². The van der Waals surface area contributed by atoms with Gasteiger partial charge in [-0.3, -0.25) is 9.59 Å². The van der Waals surface area contributed by atoms with Gasteiger partial charge in [0.1, 0.15) is 0 Å². The van der Waals surface area contributed by atoms with Crippen LogP contribution in [0.5, 0.6) is 0 Å². The van der Waals surface area contributed by atoms with E-state index in [9.17, 15) is 9.59 Å². The maximum atomic E-state index is 13.2. The van der Waals surface area contributed by atoms with Gasteiger partial charge < -0.3 is 9.88 Å². The minimum Gasteiger partial charge on any atom is -0.313 e. The molecule has 7 nitrogen and oxygen atoms in total. The third kappa shape index (κ3) is 2.71. The van der Waals surface area contributed by atoms with Crippen LogP contribution < -0.4 is 10.5 Å². The van der Waals surface area contributed by atoms with E-state index in [4.69, 9.17) is 0 Å². The number of amides is 1. The van der Waals surface area contributed by atoms with Gasteiger partial charge in [0.05, 0.1) is 23.8 Å². The normalized spacial score (nSPS) is 13.5. The number of carbonyl (C=O) groups excluding carboxylic acids is 1. The van der Waals surface area contributed by atoms with Gasteiger partial charge in [-0.05, 0) is 38.3 Å². The van der Waals surface area contributed by atoms with Crippen molar-refractivity contribution in [2.24, 2.45) is 0 Å². The summed E-state index contributed by atoms with van der Waals surface area (Å²) in [5.74, 6) is 0.309. The molecule has 1 N–H and O–H groups in total. The van der Waals surface area contributed by atoms with Gasteiger partial charge in [0.2, 0.25) is 0 Å². The topological polar surface area (TPSA) is 83.9 Å². The molecule has 0 radical (unpaired) electrons. The molecule has 7 heteroatoms. The maximum absolute atomic E-state index is 13.2. The summed E-state index contributed by atoms with van der Waals surface area (Å²) < 4.78 is 1.52. The Morgan fingerprint density at radius 3 is 2.88 bits per heavy atom. The van der Waals surface area contributed by atoms with Gasteiger partial charge in [-0.1, -0.05) is 17.7 Å². The molecule has 2 aromatic heterocycles. The van der Waals surface area contributed by atoms with Gasteiger partial charge in [-0.15, -0.1) is 0 Å². The number of aromatic amines is 1. The molecule has 0 saturated heterocycles. The number of nitrogens with zero attached hydrogens (tertiary/aromatic N) is 4. The summed E-state index contributed by atoms with van der Waals surface area (Å²) >= 11 is 0. The molecule has 0 spiro atoms. The molecule has 1 aliphatic rings. The van der Waals surface area contributed by atoms with E-state index in [2.05, 4.69) is 28.1 Å². The Labute approximate surface area is 150 Å². The summed E-state index contributed by atoms with van der Waals surface area (Å²) in [5.41, 5.74) is 4.27. The van der Waals surface area contributed by atoms with E-state index in [1.54, 1.807) is 6.20 Å². The molecule has 1 amide bonds. The third-order valence-electron chi connectivity index (χ3n) is 4.72. The highest BCUT2D eigenvalue weighted by Crippen LogP contribution is 2.29. The first-order chi connectivity index (χ1) is 12.5. The Balaban J connectivity index is 1.72. The summed E-state index contributed by atoms with van der Waals surface area (Å²) in [7, 11) is 0. The van der Waals surface area contributed by atoms with E-state index >= 15 is 0 Å². The van der Waals surface area contributed by atoms with E-state index in [1.165, 1.54) is 28.2 Å². The van der Waals surface area contributed by atoms with Crippen molar-refractivity contribution >= 4 is 11.6 Å². The third-order valence-corrected chi connectivity index (χ3v) is 4.72. The molecular weight excluding hydrogens is 330 g/mol. The summed E-state index contributed by atoms with van der Waals surface area (Å²) in [6.07, 6.45) is 4.78. The number of anilines is 1. The Morgan fingerprint density at radius 1 is 1.23 bits per heavy atom. The monoisotopic (exact) mass is 349 g/mol. The molecule has 0 atom stereocenters. The Bertz CT molecular complexity index is 1050. The zero-order chi connectivity index (χ0) is 18.3. The second-order valence-electron chi connectivity index (χ2n) is 6.52. The van der Waals surface area contributed by atoms with Crippen LogP contribution >= 0.6 is 0 Å². The molecule has 132 valence electrons. The SMILES string of the molecule is Cc1ccc2c(c1)CCCN2C(=O)c1cnn(-c2cc(=O)[nH]cn2)c1C. The minimum atomic E-state index is -0.266. The van der Waals surface area contributed by atoms with E-state index in [0.29, 0.717) is 23.6 Å². The molecule has 3 heterocycles. The number of nitrogens with one attached hydrogen (secondary N) is 1. The van der Waals surface area contributed by atoms with Crippen LogP contribution in [0.3, 0.4) is 0 Å². The Hall–Kier alpha value is -3.22. The van der Waals surface area contributed by atoms with Crippen LogP contribution in [0, 0.1) is 13.8 Å². The zero-order valence-electron chi connectivity index (χ0n) is 14.7. The van der Waals surface area contributed by atoms with Crippen LogP contribution in [0.25, 0.3) is 5.82 Å². The minimum absolute atomic E-state index is 0.0802. The van der Waals surface area contributed by atoms with Crippen molar-refractivity contribution in [1.82, 2.24) is 19.7 Å². The lowest BCUT2D eigenvalue weighted by Crippen LogP contribution is -2.35. The molecule has 1 aliphatic heterocycles. The summed E-state index contributed by atoms with van der Waals surface area (Å²) in [6.45, 7) is 4.55. The van der Waals surface area contributed by atoms with Gasteiger partial charge in [-0.25, -0.2) is 9.67 Å². The van der Waals surface area contributed by atoms with Crippen molar-refractivity contribution in [3.8, 4) is 5.82 Å². The highest BCUT2D eigenvalue weighted by molar-refractivity contribution is 6.07. The summed E-state index contributed by atoms with van der Waals surface area (Å²) in [5, 5.41) is 4.27. The van der Waals surface area contributed by atoms with Gasteiger partial charge in [0.15, 0.2) is 5.82 Å². The van der Waals surface area contributed by atoms with Crippen molar-refractivity contribution in [2.75, 3.05) is 11.4 Å². The van der Waals surface area contributed by atoms with Gasteiger partial charge in [0.25, 0.3) is 11.5 Å². The molecule has 4 rings (SSSR count). The molecule has 0 fully saturated rings. The van der Waals surface area contributed by atoms with E-state index in [-0.39, 0.29) is 11.5 Å². The quantitative estimate of drug-likeness (QED) is 0.768. The number of benzene rings is 1. The lowest BCUT2D eigenvalue weighted by atomic mass is 9.99. The second kappa shape index (κ2) is 6.25. The number of aryl methyl sites for hydroxylation is 2. The first-order valence-electron chi connectivity index (χ1n) is 8.56. The van der Waals surface area contributed by atoms with Crippen molar-refractivity contribution in [3.63, 3.8) is 0 Å². The number of aromatic nitrogens is 4. The van der Waals surface area contributed by atoms with Crippen LogP contribution in [0.15, 0.2) is 41.6 Å². The molecule has 26 heavy (non-hydrogen) atoms. The van der Waals surface area contributed by atoms with Gasteiger partial charge in [-0.2, -0.15) is 5.10 Å². The average molecular weight is 349 g/mol. The number of hydrogen-bond donors (Lipinski definition) is 1. The molecule has 0 saturated carbocycles. The number of hydrogen-bond acceptors (Lipinski definition) is 4. The first-order valence-corrected chi connectivity index (χ1v) is 8.56. The van der Waals surface area contributed by atoms with Crippen molar-refractivity contribution < 1.29 is 4.79 Å². The van der Waals surface area contributed by atoms with Crippen molar-refractivity contribution in [1.29, 1.82) is 0 Å². The number of rotatable bonds is 2. The molecule has 0 aliphatic carbocycles. The van der Waals surface area contributed by atoms with Crippen LogP contribution in [-0.4, -0.2) is 32.2 Å². The lowest BCUT2D eigenvalue weighted by Gasteiger charge is -2.29. The van der Waals surface area contributed by atoms with Crippen LogP contribution in [0.1, 0.15) is 33.6 Å². The van der Waals surface area contributed by atoms with E-state index in [1.807, 2.05) is 24.0 Å². The summed E-state index contributed by atoms with van der Waals surface area (Å²) in [6, 6.07) is 7.54. The fourth-order valence-corrected chi connectivity index (χ4v) is 3.41. The summed E-state index contributed by atoms with van der Waals surface area (Å²) in [4.78, 5) is 33.1. The zero-order valence-corrected chi connectivity index (χ0v) is 14.7. The average Bonchev–Trinajstić information content (AvgIpc) is 3.02. The molecular formula is C19H19N5O2. The van der Waals surface area contributed by atoms with Crippen LogP contribution in [0.4, 0.5) is 5.69 Å². The Morgan fingerprint density at radius 2 is 2.08 bits per heavy atom. The molecule has 0 bridgehead atoms. The maximum Gasteiger partial charge on any atom is 0.261 e. The first kappa shape index (κ1) is 16.3. The van der Waals surface area contributed by atoms with Crippen LogP contribution in [-0.2, 0) is 6.42 Å².